The summed E-state index contributed by atoms with van der Waals surface area (Å²) in [5.41, 5.74) is 1.74. The molecular formula is C16H17N5OS2. The highest BCUT2D eigenvalue weighted by molar-refractivity contribution is 7.98. The number of nitrogens with zero attached hydrogens (tertiary/aromatic N) is 5. The molecule has 0 unspecified atom stereocenters. The summed E-state index contributed by atoms with van der Waals surface area (Å²) in [5.74, 6) is 1.50. The lowest BCUT2D eigenvalue weighted by molar-refractivity contribution is -0.115. The van der Waals surface area contributed by atoms with E-state index in [9.17, 15) is 4.79 Å². The second-order valence-corrected chi connectivity index (χ2v) is 6.97. The summed E-state index contributed by atoms with van der Waals surface area (Å²) in [6.45, 7) is 3.47. The zero-order valence-electron chi connectivity index (χ0n) is 13.6. The summed E-state index contributed by atoms with van der Waals surface area (Å²) in [4.78, 5) is 18.3. The first-order valence-corrected chi connectivity index (χ1v) is 9.21. The first-order chi connectivity index (χ1) is 11.6. The van der Waals surface area contributed by atoms with Gasteiger partial charge in [0.2, 0.25) is 5.91 Å². The van der Waals surface area contributed by atoms with Gasteiger partial charge in [0.05, 0.1) is 11.4 Å². The fourth-order valence-electron chi connectivity index (χ4n) is 2.12. The largest absolute Gasteiger partial charge is 0.309 e. The quantitative estimate of drug-likeness (QED) is 0.652. The molecule has 0 aliphatic carbocycles. The summed E-state index contributed by atoms with van der Waals surface area (Å²) in [6.07, 6.45) is 0. The zero-order chi connectivity index (χ0) is 17.1. The van der Waals surface area contributed by atoms with Crippen molar-refractivity contribution >= 4 is 39.8 Å². The predicted molar refractivity (Wildman–Crippen MR) is 96.7 cm³/mol. The molecule has 2 aromatic heterocycles. The Balaban J connectivity index is 1.76. The molecule has 2 heterocycles. The van der Waals surface area contributed by atoms with Crippen LogP contribution in [0.3, 0.4) is 0 Å². The number of carbonyl (C=O) groups is 1. The number of rotatable bonds is 5. The minimum absolute atomic E-state index is 0.0568. The van der Waals surface area contributed by atoms with Gasteiger partial charge in [-0.3, -0.25) is 9.69 Å². The number of benzene rings is 1. The molecule has 0 bridgehead atoms. The number of thiazole rings is 1. The topological polar surface area (TPSA) is 63.9 Å². The van der Waals surface area contributed by atoms with E-state index in [1.54, 1.807) is 23.6 Å². The molecule has 0 saturated heterocycles. The molecular weight excluding hydrogens is 342 g/mol. The van der Waals surface area contributed by atoms with Gasteiger partial charge in [-0.25, -0.2) is 4.98 Å². The first kappa shape index (κ1) is 16.7. The van der Waals surface area contributed by atoms with Crippen molar-refractivity contribution in [3.63, 3.8) is 0 Å². The lowest BCUT2D eigenvalue weighted by atomic mass is 10.3. The minimum atomic E-state index is -0.0568. The number of thioether (sulfide) groups is 1. The first-order valence-electron chi connectivity index (χ1n) is 7.35. The Labute approximate surface area is 148 Å². The Morgan fingerprint density at radius 1 is 1.29 bits per heavy atom. The SMILES string of the molecule is CC(=O)N(c1ccccc1)c1nc(CSc2nnc(C)n2C)cs1. The summed E-state index contributed by atoms with van der Waals surface area (Å²) in [6, 6.07) is 9.55. The van der Waals surface area contributed by atoms with Crippen LogP contribution >= 0.6 is 23.1 Å². The van der Waals surface area contributed by atoms with Crippen molar-refractivity contribution in [1.82, 2.24) is 19.7 Å². The van der Waals surface area contributed by atoms with E-state index in [2.05, 4.69) is 15.2 Å². The Morgan fingerprint density at radius 2 is 2.04 bits per heavy atom. The number of anilines is 2. The van der Waals surface area contributed by atoms with Crippen LogP contribution in [0.15, 0.2) is 40.9 Å². The van der Waals surface area contributed by atoms with E-state index in [1.165, 1.54) is 11.3 Å². The molecule has 24 heavy (non-hydrogen) atoms. The summed E-state index contributed by atoms with van der Waals surface area (Å²) in [7, 11) is 1.94. The molecule has 3 rings (SSSR count). The number of para-hydroxylation sites is 1. The van der Waals surface area contributed by atoms with Crippen molar-refractivity contribution in [2.45, 2.75) is 24.8 Å². The molecule has 0 aliphatic heterocycles. The van der Waals surface area contributed by atoms with Crippen molar-refractivity contribution in [3.8, 4) is 0 Å². The Kier molecular flexibility index (Phi) is 4.96. The molecule has 0 atom stereocenters. The number of carbonyl (C=O) groups excluding carboxylic acids is 1. The fourth-order valence-corrected chi connectivity index (χ4v) is 3.96. The van der Waals surface area contributed by atoms with E-state index in [0.717, 1.165) is 22.4 Å². The third-order valence-electron chi connectivity index (χ3n) is 3.46. The highest BCUT2D eigenvalue weighted by Gasteiger charge is 2.18. The van der Waals surface area contributed by atoms with Crippen molar-refractivity contribution < 1.29 is 4.79 Å². The van der Waals surface area contributed by atoms with E-state index >= 15 is 0 Å². The van der Waals surface area contributed by atoms with Crippen molar-refractivity contribution in [2.24, 2.45) is 7.05 Å². The lowest BCUT2D eigenvalue weighted by Crippen LogP contribution is -2.22. The van der Waals surface area contributed by atoms with Crippen molar-refractivity contribution in [1.29, 1.82) is 0 Å². The van der Waals surface area contributed by atoms with Crippen molar-refractivity contribution in [2.75, 3.05) is 4.90 Å². The number of hydrogen-bond donors (Lipinski definition) is 0. The molecule has 0 aliphatic rings. The van der Waals surface area contributed by atoms with Crippen LogP contribution in [-0.2, 0) is 17.6 Å². The third-order valence-corrected chi connectivity index (χ3v) is 5.39. The van der Waals surface area contributed by atoms with Crippen molar-refractivity contribution in [3.05, 3.63) is 47.2 Å². The number of aryl methyl sites for hydroxylation is 1. The Morgan fingerprint density at radius 3 is 2.67 bits per heavy atom. The molecule has 0 radical (unpaired) electrons. The second-order valence-electron chi connectivity index (χ2n) is 5.19. The molecule has 8 heteroatoms. The monoisotopic (exact) mass is 359 g/mol. The van der Waals surface area contributed by atoms with E-state index in [-0.39, 0.29) is 5.91 Å². The molecule has 1 aromatic carbocycles. The van der Waals surface area contributed by atoms with Crippen LogP contribution in [0, 0.1) is 6.92 Å². The maximum absolute atomic E-state index is 12.0. The predicted octanol–water partition coefficient (Wildman–Crippen LogP) is 3.56. The van der Waals surface area contributed by atoms with Crippen LogP contribution in [0.25, 0.3) is 0 Å². The van der Waals surface area contributed by atoms with Gasteiger partial charge < -0.3 is 4.57 Å². The van der Waals surface area contributed by atoms with Crippen LogP contribution in [0.2, 0.25) is 0 Å². The summed E-state index contributed by atoms with van der Waals surface area (Å²) in [5, 5.41) is 11.7. The van der Waals surface area contributed by atoms with E-state index in [0.29, 0.717) is 10.9 Å². The maximum Gasteiger partial charge on any atom is 0.230 e. The molecule has 6 nitrogen and oxygen atoms in total. The maximum atomic E-state index is 12.0. The van der Waals surface area contributed by atoms with Gasteiger partial charge >= 0.3 is 0 Å². The third kappa shape index (κ3) is 3.49. The van der Waals surface area contributed by atoms with Crippen LogP contribution in [0.4, 0.5) is 10.8 Å². The highest BCUT2D eigenvalue weighted by Crippen LogP contribution is 2.30. The Hall–Kier alpha value is -2.19. The Bertz CT molecular complexity index is 843. The second kappa shape index (κ2) is 7.14. The minimum Gasteiger partial charge on any atom is -0.309 e. The van der Waals surface area contributed by atoms with Crippen LogP contribution in [0.1, 0.15) is 18.4 Å². The van der Waals surface area contributed by atoms with Gasteiger partial charge in [-0.15, -0.1) is 21.5 Å². The molecule has 1 amide bonds. The van der Waals surface area contributed by atoms with Crippen LogP contribution in [-0.4, -0.2) is 25.7 Å². The summed E-state index contributed by atoms with van der Waals surface area (Å²) < 4.78 is 1.95. The van der Waals surface area contributed by atoms with Gasteiger partial charge in [0.25, 0.3) is 0 Å². The van der Waals surface area contributed by atoms with E-state index in [4.69, 9.17) is 0 Å². The molecule has 0 spiro atoms. The number of amides is 1. The normalized spacial score (nSPS) is 10.8. The molecule has 3 aromatic rings. The van der Waals surface area contributed by atoms with Gasteiger partial charge in [-0.2, -0.15) is 0 Å². The molecule has 0 fully saturated rings. The van der Waals surface area contributed by atoms with Gasteiger partial charge in [0.1, 0.15) is 5.82 Å². The van der Waals surface area contributed by atoms with E-state index < -0.39 is 0 Å². The smallest absolute Gasteiger partial charge is 0.230 e. The van der Waals surface area contributed by atoms with Crippen LogP contribution in [0.5, 0.6) is 0 Å². The van der Waals surface area contributed by atoms with Gasteiger partial charge in [0.15, 0.2) is 10.3 Å². The highest BCUT2D eigenvalue weighted by atomic mass is 32.2. The van der Waals surface area contributed by atoms with Gasteiger partial charge in [-0.05, 0) is 19.1 Å². The molecule has 0 saturated carbocycles. The standard InChI is InChI=1S/C16H17N5OS2/c1-11-18-19-16(20(11)3)24-10-13-9-23-15(17-13)21(12(2)22)14-7-5-4-6-8-14/h4-9H,10H2,1-3H3. The molecule has 0 N–H and O–H groups in total. The average molecular weight is 359 g/mol. The van der Waals surface area contributed by atoms with Crippen LogP contribution < -0.4 is 4.90 Å². The number of aromatic nitrogens is 4. The van der Waals surface area contributed by atoms with Gasteiger partial charge in [-0.1, -0.05) is 30.0 Å². The number of hydrogen-bond acceptors (Lipinski definition) is 6. The lowest BCUT2D eigenvalue weighted by Gasteiger charge is -2.17. The van der Waals surface area contributed by atoms with Gasteiger partial charge in [0, 0.05) is 25.1 Å². The average Bonchev–Trinajstić information content (AvgIpc) is 3.15. The zero-order valence-corrected chi connectivity index (χ0v) is 15.3. The molecule has 124 valence electrons. The fraction of sp³-hybridized carbons (Fsp3) is 0.250. The summed E-state index contributed by atoms with van der Waals surface area (Å²) >= 11 is 3.04. The van der Waals surface area contributed by atoms with E-state index in [1.807, 2.05) is 54.3 Å².